The Hall–Kier alpha value is -0.750. The zero-order valence-corrected chi connectivity index (χ0v) is 9.84. The highest BCUT2D eigenvalue weighted by atomic mass is 32.2. The summed E-state index contributed by atoms with van der Waals surface area (Å²) in [6, 6.07) is -0.602. The lowest BCUT2D eigenvalue weighted by Gasteiger charge is -2.09. The first-order valence-electron chi connectivity index (χ1n) is 4.68. The lowest BCUT2D eigenvalue weighted by atomic mass is 10.2. The highest BCUT2D eigenvalue weighted by Gasteiger charge is 2.13. The molecule has 1 unspecified atom stereocenters. The third-order valence-electron chi connectivity index (χ3n) is 1.61. The summed E-state index contributed by atoms with van der Waals surface area (Å²) in [6.07, 6.45) is 0.500. The van der Waals surface area contributed by atoms with Crippen molar-refractivity contribution in [2.45, 2.75) is 19.4 Å². The van der Waals surface area contributed by atoms with Gasteiger partial charge >= 0.3 is 11.9 Å². The number of methoxy groups -OCH3 is 1. The second-order valence-corrected chi connectivity index (χ2v) is 3.88. The van der Waals surface area contributed by atoms with Crippen molar-refractivity contribution in [2.24, 2.45) is 5.73 Å². The Labute approximate surface area is 93.7 Å². The van der Waals surface area contributed by atoms with Crippen molar-refractivity contribution in [3.8, 4) is 0 Å². The van der Waals surface area contributed by atoms with Gasteiger partial charge in [0.15, 0.2) is 0 Å². The van der Waals surface area contributed by atoms with E-state index in [0.29, 0.717) is 18.8 Å². The van der Waals surface area contributed by atoms with Crippen LogP contribution in [0.2, 0.25) is 0 Å². The largest absolute Gasteiger partial charge is 0.468 e. The molecular formula is C9H17NO4S. The number of carbonyl (C=O) groups is 2. The molecule has 5 nitrogen and oxygen atoms in total. The number of nitrogens with two attached hydrogens (primary N) is 1. The summed E-state index contributed by atoms with van der Waals surface area (Å²) in [7, 11) is 1.34. The van der Waals surface area contributed by atoms with Gasteiger partial charge in [-0.3, -0.25) is 9.59 Å². The summed E-state index contributed by atoms with van der Waals surface area (Å²) in [5, 5.41) is 0. The Morgan fingerprint density at radius 1 is 1.47 bits per heavy atom. The maximum absolute atomic E-state index is 11.1. The summed E-state index contributed by atoms with van der Waals surface area (Å²) >= 11 is 1.39. The van der Waals surface area contributed by atoms with Crippen LogP contribution in [0, 0.1) is 0 Å². The molecule has 2 N–H and O–H groups in total. The van der Waals surface area contributed by atoms with Crippen molar-refractivity contribution in [1.29, 1.82) is 0 Å². The van der Waals surface area contributed by atoms with Crippen LogP contribution in [0.4, 0.5) is 0 Å². The molecular weight excluding hydrogens is 218 g/mol. The minimum absolute atomic E-state index is 0.273. The van der Waals surface area contributed by atoms with E-state index in [1.165, 1.54) is 18.9 Å². The van der Waals surface area contributed by atoms with Crippen molar-refractivity contribution in [1.82, 2.24) is 0 Å². The Balaban J connectivity index is 3.50. The zero-order valence-electron chi connectivity index (χ0n) is 9.02. The van der Waals surface area contributed by atoms with E-state index in [1.807, 2.05) is 0 Å². The predicted octanol–water partition coefficient (Wildman–Crippen LogP) is 0.173. The van der Waals surface area contributed by atoms with Crippen LogP contribution in [0.5, 0.6) is 0 Å². The molecule has 0 aliphatic carbocycles. The van der Waals surface area contributed by atoms with Gasteiger partial charge in [0.1, 0.15) is 6.04 Å². The molecule has 15 heavy (non-hydrogen) atoms. The van der Waals surface area contributed by atoms with Crippen LogP contribution < -0.4 is 5.73 Å². The minimum Gasteiger partial charge on any atom is -0.468 e. The second-order valence-electron chi connectivity index (χ2n) is 2.78. The van der Waals surface area contributed by atoms with E-state index in [-0.39, 0.29) is 11.7 Å². The van der Waals surface area contributed by atoms with Gasteiger partial charge < -0.3 is 15.2 Å². The smallest absolute Gasteiger partial charge is 0.322 e. The number of hydrogen-bond donors (Lipinski definition) is 1. The molecule has 0 saturated carbocycles. The zero-order chi connectivity index (χ0) is 11.7. The van der Waals surface area contributed by atoms with Gasteiger partial charge in [-0.1, -0.05) is 0 Å². The number of rotatable bonds is 7. The number of ether oxygens (including phenoxy) is 2. The molecule has 0 amide bonds. The van der Waals surface area contributed by atoms with E-state index in [1.54, 1.807) is 6.92 Å². The maximum Gasteiger partial charge on any atom is 0.322 e. The van der Waals surface area contributed by atoms with Crippen LogP contribution in [0.15, 0.2) is 0 Å². The molecule has 0 rings (SSSR count). The Morgan fingerprint density at radius 2 is 2.13 bits per heavy atom. The fourth-order valence-electron chi connectivity index (χ4n) is 0.792. The molecule has 0 aromatic heterocycles. The molecule has 88 valence electrons. The van der Waals surface area contributed by atoms with Crippen molar-refractivity contribution < 1.29 is 19.1 Å². The Bertz CT molecular complexity index is 210. The second kappa shape index (κ2) is 8.55. The summed E-state index contributed by atoms with van der Waals surface area (Å²) in [6.45, 7) is 2.07. The van der Waals surface area contributed by atoms with Crippen LogP contribution in [0.25, 0.3) is 0 Å². The van der Waals surface area contributed by atoms with Gasteiger partial charge in [-0.15, -0.1) is 0 Å². The van der Waals surface area contributed by atoms with E-state index < -0.39 is 12.0 Å². The molecule has 0 aliphatic heterocycles. The topological polar surface area (TPSA) is 78.6 Å². The van der Waals surface area contributed by atoms with E-state index in [4.69, 9.17) is 10.5 Å². The Kier molecular flexibility index (Phi) is 8.12. The van der Waals surface area contributed by atoms with Gasteiger partial charge in [0, 0.05) is 0 Å². The standard InChI is InChI=1S/C9H17NO4S/c1-3-14-9(12)7(10)4-5-15-6-8(11)13-2/h7H,3-6,10H2,1-2H3. The molecule has 0 spiro atoms. The van der Waals surface area contributed by atoms with Gasteiger partial charge in [-0.25, -0.2) is 0 Å². The molecule has 0 bridgehead atoms. The van der Waals surface area contributed by atoms with Crippen molar-refractivity contribution in [2.75, 3.05) is 25.2 Å². The number of esters is 2. The summed E-state index contributed by atoms with van der Waals surface area (Å²) in [5.41, 5.74) is 5.55. The number of carbonyl (C=O) groups excluding carboxylic acids is 2. The summed E-state index contributed by atoms with van der Waals surface area (Å²) < 4.78 is 9.20. The van der Waals surface area contributed by atoms with Crippen LogP contribution in [0.3, 0.4) is 0 Å². The summed E-state index contributed by atoms with van der Waals surface area (Å²) in [4.78, 5) is 21.8. The van der Waals surface area contributed by atoms with Gasteiger partial charge in [0.2, 0.25) is 0 Å². The number of thioether (sulfide) groups is 1. The van der Waals surface area contributed by atoms with Gasteiger partial charge in [0.05, 0.1) is 19.5 Å². The van der Waals surface area contributed by atoms with Crippen molar-refractivity contribution in [3.05, 3.63) is 0 Å². The van der Waals surface area contributed by atoms with Crippen LogP contribution in [-0.2, 0) is 19.1 Å². The molecule has 1 atom stereocenters. The number of hydrogen-bond acceptors (Lipinski definition) is 6. The molecule has 0 aromatic rings. The van der Waals surface area contributed by atoms with E-state index in [0.717, 1.165) is 0 Å². The van der Waals surface area contributed by atoms with Crippen LogP contribution in [-0.4, -0.2) is 43.2 Å². The molecule has 0 heterocycles. The lowest BCUT2D eigenvalue weighted by molar-refractivity contribution is -0.144. The van der Waals surface area contributed by atoms with Gasteiger partial charge in [-0.2, -0.15) is 11.8 Å². The average Bonchev–Trinajstić information content (AvgIpc) is 2.23. The first-order valence-corrected chi connectivity index (χ1v) is 5.84. The molecule has 0 aromatic carbocycles. The minimum atomic E-state index is -0.602. The van der Waals surface area contributed by atoms with Crippen molar-refractivity contribution >= 4 is 23.7 Å². The van der Waals surface area contributed by atoms with Gasteiger partial charge in [0.25, 0.3) is 0 Å². The highest BCUT2D eigenvalue weighted by Crippen LogP contribution is 2.05. The molecule has 0 fully saturated rings. The Morgan fingerprint density at radius 3 is 2.67 bits per heavy atom. The maximum atomic E-state index is 11.1. The van der Waals surface area contributed by atoms with Crippen LogP contribution in [0.1, 0.15) is 13.3 Å². The first kappa shape index (κ1) is 14.2. The van der Waals surface area contributed by atoms with Crippen molar-refractivity contribution in [3.63, 3.8) is 0 Å². The quantitative estimate of drug-likeness (QED) is 0.500. The van der Waals surface area contributed by atoms with E-state index in [2.05, 4.69) is 4.74 Å². The first-order chi connectivity index (χ1) is 7.11. The third kappa shape index (κ3) is 7.21. The van der Waals surface area contributed by atoms with E-state index >= 15 is 0 Å². The third-order valence-corrected chi connectivity index (χ3v) is 2.57. The average molecular weight is 235 g/mol. The fraction of sp³-hybridized carbons (Fsp3) is 0.778. The molecule has 0 saturated heterocycles. The molecule has 6 heteroatoms. The fourth-order valence-corrected chi connectivity index (χ4v) is 1.64. The molecule has 0 aliphatic rings. The van der Waals surface area contributed by atoms with E-state index in [9.17, 15) is 9.59 Å². The highest BCUT2D eigenvalue weighted by molar-refractivity contribution is 7.99. The normalized spacial score (nSPS) is 11.9. The van der Waals surface area contributed by atoms with Crippen LogP contribution >= 0.6 is 11.8 Å². The van der Waals surface area contributed by atoms with Gasteiger partial charge in [-0.05, 0) is 19.1 Å². The monoisotopic (exact) mass is 235 g/mol. The summed E-state index contributed by atoms with van der Waals surface area (Å²) in [5.74, 6) is 0.252. The lowest BCUT2D eigenvalue weighted by Crippen LogP contribution is -2.32. The predicted molar refractivity (Wildman–Crippen MR) is 58.6 cm³/mol. The molecule has 0 radical (unpaired) electrons. The SMILES string of the molecule is CCOC(=O)C(N)CCSCC(=O)OC.